The van der Waals surface area contributed by atoms with E-state index in [1.165, 1.54) is 0 Å². The molecule has 7 heteroatoms. The number of aliphatic carboxylic acids is 1. The first kappa shape index (κ1) is 16.6. The number of hydrogen-bond donors (Lipinski definition) is 2. The number of nitrogens with two attached hydrogens (primary N) is 1. The fourth-order valence-electron chi connectivity index (χ4n) is 1.12. The number of aryl methyl sites for hydroxylation is 2. The van der Waals surface area contributed by atoms with E-state index in [2.05, 4.69) is 5.10 Å². The Hall–Kier alpha value is -0.780. The maximum absolute atomic E-state index is 10.5. The lowest BCUT2D eigenvalue weighted by molar-refractivity contribution is -0.138. The molecule has 1 aromatic heterocycles. The van der Waals surface area contributed by atoms with Crippen LogP contribution in [0, 0.1) is 13.8 Å². The molecule has 3 N–H and O–H groups in total. The minimum absolute atomic E-state index is 0. The number of aromatic nitrogens is 2. The number of halogens is 2. The number of nitrogens with zero attached hydrogens (tertiary/aromatic N) is 2. The van der Waals surface area contributed by atoms with E-state index in [1.807, 2.05) is 19.9 Å². The van der Waals surface area contributed by atoms with Gasteiger partial charge in [-0.15, -0.1) is 24.8 Å². The Labute approximate surface area is 100 Å². The zero-order valence-electron chi connectivity index (χ0n) is 8.51. The average Bonchev–Trinajstić information content (AvgIpc) is 2.30. The van der Waals surface area contributed by atoms with Crippen LogP contribution >= 0.6 is 24.8 Å². The summed E-state index contributed by atoms with van der Waals surface area (Å²) in [6.45, 7) is 3.94. The molecule has 1 unspecified atom stereocenters. The largest absolute Gasteiger partial charge is 0.480 e. The summed E-state index contributed by atoms with van der Waals surface area (Å²) in [5, 5.41) is 12.7. The molecule has 0 amide bonds. The Morgan fingerprint density at radius 1 is 1.60 bits per heavy atom. The summed E-state index contributed by atoms with van der Waals surface area (Å²) < 4.78 is 1.61. The summed E-state index contributed by atoms with van der Waals surface area (Å²) in [6, 6.07) is 0.993. The van der Waals surface area contributed by atoms with Crippen LogP contribution in [0.3, 0.4) is 0 Å². The van der Waals surface area contributed by atoms with Crippen LogP contribution in [0.25, 0.3) is 0 Å². The summed E-state index contributed by atoms with van der Waals surface area (Å²) in [4.78, 5) is 10.5. The van der Waals surface area contributed by atoms with Gasteiger partial charge < -0.3 is 10.8 Å². The van der Waals surface area contributed by atoms with Gasteiger partial charge in [-0.05, 0) is 19.9 Å². The van der Waals surface area contributed by atoms with Crippen molar-refractivity contribution in [1.29, 1.82) is 0 Å². The second-order valence-electron chi connectivity index (χ2n) is 3.05. The molecule has 5 nitrogen and oxygen atoms in total. The molecular weight excluding hydrogens is 241 g/mol. The predicted octanol–water partition coefficient (Wildman–Crippen LogP) is 0.755. The lowest BCUT2D eigenvalue weighted by atomic mass is 10.3. The third-order valence-corrected chi connectivity index (χ3v) is 1.79. The van der Waals surface area contributed by atoms with Gasteiger partial charge in [-0.2, -0.15) is 5.10 Å². The van der Waals surface area contributed by atoms with Crippen molar-refractivity contribution < 1.29 is 9.90 Å². The highest BCUT2D eigenvalue weighted by Gasteiger charge is 2.13. The van der Waals surface area contributed by atoms with Crippen molar-refractivity contribution in [2.24, 2.45) is 5.73 Å². The second-order valence-corrected chi connectivity index (χ2v) is 3.05. The molecule has 0 bridgehead atoms. The van der Waals surface area contributed by atoms with Crippen LogP contribution in [0.1, 0.15) is 11.4 Å². The summed E-state index contributed by atoms with van der Waals surface area (Å²) in [5.41, 5.74) is 7.16. The lowest BCUT2D eigenvalue weighted by Crippen LogP contribution is -2.35. The molecule has 1 rings (SSSR count). The van der Waals surface area contributed by atoms with E-state index >= 15 is 0 Å². The van der Waals surface area contributed by atoms with Crippen LogP contribution < -0.4 is 5.73 Å². The van der Waals surface area contributed by atoms with E-state index in [1.54, 1.807) is 4.68 Å². The van der Waals surface area contributed by atoms with Gasteiger partial charge in [0.2, 0.25) is 0 Å². The van der Waals surface area contributed by atoms with Crippen LogP contribution in [0.15, 0.2) is 6.07 Å². The molecule has 0 aromatic carbocycles. The summed E-state index contributed by atoms with van der Waals surface area (Å²) >= 11 is 0. The second kappa shape index (κ2) is 6.66. The molecule has 1 aromatic rings. The highest BCUT2D eigenvalue weighted by Crippen LogP contribution is 2.02. The summed E-state index contributed by atoms with van der Waals surface area (Å²) in [5.74, 6) is -1.01. The van der Waals surface area contributed by atoms with Crippen LogP contribution in [0.5, 0.6) is 0 Å². The third-order valence-electron chi connectivity index (χ3n) is 1.79. The highest BCUT2D eigenvalue weighted by atomic mass is 35.5. The van der Waals surface area contributed by atoms with Gasteiger partial charge in [0.15, 0.2) is 0 Å². The van der Waals surface area contributed by atoms with Gasteiger partial charge in [-0.3, -0.25) is 9.48 Å². The quantitative estimate of drug-likeness (QED) is 0.836. The fourth-order valence-corrected chi connectivity index (χ4v) is 1.12. The first-order valence-corrected chi connectivity index (χ1v) is 4.00. The van der Waals surface area contributed by atoms with Crippen molar-refractivity contribution >= 4 is 30.8 Å². The van der Waals surface area contributed by atoms with Crippen LogP contribution in [-0.4, -0.2) is 26.9 Å². The third kappa shape index (κ3) is 4.51. The van der Waals surface area contributed by atoms with Gasteiger partial charge >= 0.3 is 5.97 Å². The van der Waals surface area contributed by atoms with Crippen molar-refractivity contribution in [3.63, 3.8) is 0 Å². The minimum Gasteiger partial charge on any atom is -0.480 e. The van der Waals surface area contributed by atoms with Crippen molar-refractivity contribution in [2.45, 2.75) is 26.4 Å². The molecule has 1 atom stereocenters. The molecule has 15 heavy (non-hydrogen) atoms. The van der Waals surface area contributed by atoms with E-state index in [4.69, 9.17) is 10.8 Å². The standard InChI is InChI=1S/C8H13N3O2.2ClH/c1-5-3-6(2)11(10-5)4-7(9)8(12)13;;/h3,7H,4,9H2,1-2H3,(H,12,13);2*1H. The molecular formula is C8H15Cl2N3O2. The molecule has 0 saturated carbocycles. The first-order valence-electron chi connectivity index (χ1n) is 4.00. The van der Waals surface area contributed by atoms with Gasteiger partial charge in [-0.25, -0.2) is 0 Å². The molecule has 0 saturated heterocycles. The Morgan fingerprint density at radius 2 is 2.13 bits per heavy atom. The maximum Gasteiger partial charge on any atom is 0.322 e. The van der Waals surface area contributed by atoms with E-state index in [-0.39, 0.29) is 31.4 Å². The Kier molecular flexibility index (Phi) is 7.39. The number of carbonyl (C=O) groups is 1. The van der Waals surface area contributed by atoms with Crippen molar-refractivity contribution in [3.05, 3.63) is 17.5 Å². The monoisotopic (exact) mass is 255 g/mol. The van der Waals surface area contributed by atoms with Gasteiger partial charge in [0.25, 0.3) is 0 Å². The highest BCUT2D eigenvalue weighted by molar-refractivity contribution is 5.85. The van der Waals surface area contributed by atoms with Gasteiger partial charge in [-0.1, -0.05) is 0 Å². The molecule has 0 aliphatic rings. The molecule has 0 aliphatic carbocycles. The molecule has 0 fully saturated rings. The summed E-state index contributed by atoms with van der Waals surface area (Å²) in [7, 11) is 0. The normalized spacial score (nSPS) is 11.1. The van der Waals surface area contributed by atoms with Crippen molar-refractivity contribution in [3.8, 4) is 0 Å². The minimum atomic E-state index is -1.01. The Morgan fingerprint density at radius 3 is 2.47 bits per heavy atom. The lowest BCUT2D eigenvalue weighted by Gasteiger charge is -2.07. The molecule has 0 radical (unpaired) electrons. The molecule has 88 valence electrons. The van der Waals surface area contributed by atoms with Gasteiger partial charge in [0.1, 0.15) is 6.04 Å². The average molecular weight is 256 g/mol. The van der Waals surface area contributed by atoms with E-state index in [0.717, 1.165) is 11.4 Å². The Balaban J connectivity index is 0. The Bertz CT molecular complexity index is 328. The fraction of sp³-hybridized carbons (Fsp3) is 0.500. The maximum atomic E-state index is 10.5. The van der Waals surface area contributed by atoms with Crippen molar-refractivity contribution in [1.82, 2.24) is 9.78 Å². The molecule has 1 heterocycles. The molecule has 0 spiro atoms. The van der Waals surface area contributed by atoms with Crippen molar-refractivity contribution in [2.75, 3.05) is 0 Å². The van der Waals surface area contributed by atoms with Gasteiger partial charge in [0.05, 0.1) is 12.2 Å². The number of hydrogen-bond acceptors (Lipinski definition) is 3. The van der Waals surface area contributed by atoms with Gasteiger partial charge in [0, 0.05) is 5.69 Å². The SMILES string of the molecule is Cc1cc(C)n(CC(N)C(=O)O)n1.Cl.Cl. The predicted molar refractivity (Wildman–Crippen MR) is 61.8 cm³/mol. The van der Waals surface area contributed by atoms with Crippen LogP contribution in [-0.2, 0) is 11.3 Å². The zero-order valence-corrected chi connectivity index (χ0v) is 10.1. The number of carboxylic acids is 1. The summed E-state index contributed by atoms with van der Waals surface area (Å²) in [6.07, 6.45) is 0. The smallest absolute Gasteiger partial charge is 0.322 e. The van der Waals surface area contributed by atoms with Crippen LogP contribution in [0.2, 0.25) is 0 Å². The topological polar surface area (TPSA) is 81.1 Å². The zero-order chi connectivity index (χ0) is 10.0. The number of carboxylic acid groups (broad SMARTS) is 1. The van der Waals surface area contributed by atoms with E-state index in [9.17, 15) is 4.79 Å². The van der Waals surface area contributed by atoms with E-state index < -0.39 is 12.0 Å². The number of rotatable bonds is 3. The van der Waals surface area contributed by atoms with E-state index in [0.29, 0.717) is 0 Å². The molecule has 0 aliphatic heterocycles. The first-order chi connectivity index (χ1) is 6.00. The van der Waals surface area contributed by atoms with Crippen LogP contribution in [0.4, 0.5) is 0 Å².